The fourth-order valence-electron chi connectivity index (χ4n) is 7.01. The van der Waals surface area contributed by atoms with Crippen molar-refractivity contribution in [2.45, 2.75) is 50.2 Å². The van der Waals surface area contributed by atoms with E-state index < -0.39 is 4.92 Å². The summed E-state index contributed by atoms with van der Waals surface area (Å²) in [4.78, 5) is 43.1. The number of urea groups is 1. The van der Waals surface area contributed by atoms with Crippen LogP contribution in [0.25, 0.3) is 0 Å². The predicted molar refractivity (Wildman–Crippen MR) is 176 cm³/mol. The molecule has 242 valence electrons. The van der Waals surface area contributed by atoms with Crippen molar-refractivity contribution in [1.29, 1.82) is 0 Å². The van der Waals surface area contributed by atoms with Crippen molar-refractivity contribution in [2.24, 2.45) is 5.92 Å². The molecule has 0 radical (unpaired) electrons. The number of rotatable bonds is 11. The van der Waals surface area contributed by atoms with Crippen molar-refractivity contribution in [3.8, 4) is 0 Å². The van der Waals surface area contributed by atoms with Gasteiger partial charge in [-0.05, 0) is 72.9 Å². The quantitative estimate of drug-likeness (QED) is 0.154. The highest BCUT2D eigenvalue weighted by atomic mass is 19.1. The van der Waals surface area contributed by atoms with Gasteiger partial charge in [0.15, 0.2) is 0 Å². The Morgan fingerprint density at radius 2 is 1.74 bits per heavy atom. The first kappa shape index (κ1) is 32.8. The standard InChI is InChI=1S/C36H42FN5O4/c1-3-18-41(36(44)38-24-26-12-14-32(15-13-26)42(45)46)31-16-19-40(20-17-31)25-29-22-33(23-34(29)28-10-7-11-30(37)21-28)39(2)35(43)27-8-5-4-6-9-27/h3-15,21,29,31,33-34H,1,16-20,22-25H2,2H3,(H,38,44)/t29-,33?,34-/m1/s1. The van der Waals surface area contributed by atoms with Crippen molar-refractivity contribution >= 4 is 17.6 Å². The average Bonchev–Trinajstić information content (AvgIpc) is 3.50. The third-order valence-corrected chi connectivity index (χ3v) is 9.50. The first-order chi connectivity index (χ1) is 22.2. The monoisotopic (exact) mass is 627 g/mol. The third-order valence-electron chi connectivity index (χ3n) is 9.50. The molecule has 46 heavy (non-hydrogen) atoms. The lowest BCUT2D eigenvalue weighted by atomic mass is 9.88. The van der Waals surface area contributed by atoms with Gasteiger partial charge in [-0.1, -0.05) is 48.5 Å². The molecule has 1 unspecified atom stereocenters. The summed E-state index contributed by atoms with van der Waals surface area (Å²) in [6.45, 7) is 7.03. The van der Waals surface area contributed by atoms with Crippen LogP contribution in [0.4, 0.5) is 14.9 Å². The number of piperidine rings is 1. The van der Waals surface area contributed by atoms with Crippen LogP contribution in [0.2, 0.25) is 0 Å². The molecule has 1 heterocycles. The van der Waals surface area contributed by atoms with Crippen molar-refractivity contribution in [3.63, 3.8) is 0 Å². The van der Waals surface area contributed by atoms with E-state index in [-0.39, 0.29) is 53.9 Å². The van der Waals surface area contributed by atoms with E-state index in [4.69, 9.17) is 0 Å². The molecule has 0 spiro atoms. The van der Waals surface area contributed by atoms with E-state index in [9.17, 15) is 24.1 Å². The number of amides is 3. The molecule has 5 rings (SSSR count). The molecule has 3 aromatic carbocycles. The van der Waals surface area contributed by atoms with Crippen LogP contribution < -0.4 is 5.32 Å². The molecule has 3 atom stereocenters. The number of likely N-dealkylation sites (tertiary alicyclic amines) is 1. The second-order valence-electron chi connectivity index (χ2n) is 12.4. The maximum absolute atomic E-state index is 14.3. The first-order valence-electron chi connectivity index (χ1n) is 15.9. The highest BCUT2D eigenvalue weighted by Gasteiger charge is 2.40. The Balaban J connectivity index is 1.20. The maximum atomic E-state index is 14.3. The van der Waals surface area contributed by atoms with Crippen LogP contribution in [0.15, 0.2) is 91.5 Å². The minimum absolute atomic E-state index is 0.000721. The number of nitrogens with zero attached hydrogens (tertiary/aromatic N) is 4. The molecule has 2 aliphatic rings. The van der Waals surface area contributed by atoms with Gasteiger partial charge in [0.1, 0.15) is 5.82 Å². The molecule has 2 fully saturated rings. The fraction of sp³-hybridized carbons (Fsp3) is 0.389. The number of nitro groups is 1. The van der Waals surface area contributed by atoms with Crippen LogP contribution >= 0.6 is 0 Å². The van der Waals surface area contributed by atoms with Gasteiger partial charge in [-0.25, -0.2) is 9.18 Å². The van der Waals surface area contributed by atoms with Gasteiger partial charge < -0.3 is 20.0 Å². The molecule has 3 amide bonds. The van der Waals surface area contributed by atoms with Crippen LogP contribution in [-0.2, 0) is 6.54 Å². The number of carbonyl (C=O) groups excluding carboxylic acids is 2. The van der Waals surface area contributed by atoms with Gasteiger partial charge in [-0.2, -0.15) is 0 Å². The number of nitrogens with one attached hydrogen (secondary N) is 1. The summed E-state index contributed by atoms with van der Waals surface area (Å²) in [6, 6.07) is 22.3. The molecular weight excluding hydrogens is 585 g/mol. The summed E-state index contributed by atoms with van der Waals surface area (Å²) in [5.41, 5.74) is 2.44. The number of carbonyl (C=O) groups is 2. The summed E-state index contributed by atoms with van der Waals surface area (Å²) in [6.07, 6.45) is 4.97. The summed E-state index contributed by atoms with van der Waals surface area (Å²) in [5, 5.41) is 13.9. The van der Waals surface area contributed by atoms with E-state index in [1.165, 1.54) is 18.2 Å². The predicted octanol–water partition coefficient (Wildman–Crippen LogP) is 6.23. The van der Waals surface area contributed by atoms with Crippen LogP contribution in [0, 0.1) is 21.8 Å². The lowest BCUT2D eigenvalue weighted by molar-refractivity contribution is -0.384. The molecule has 3 aromatic rings. The summed E-state index contributed by atoms with van der Waals surface area (Å²) >= 11 is 0. The number of nitro benzene ring substituents is 1. The molecule has 1 aliphatic heterocycles. The zero-order valence-corrected chi connectivity index (χ0v) is 26.3. The first-order valence-corrected chi connectivity index (χ1v) is 15.9. The van der Waals surface area contributed by atoms with Crippen molar-refractivity contribution in [1.82, 2.24) is 20.0 Å². The Morgan fingerprint density at radius 3 is 2.39 bits per heavy atom. The molecule has 1 saturated heterocycles. The average molecular weight is 628 g/mol. The molecule has 0 bridgehead atoms. The second-order valence-corrected chi connectivity index (χ2v) is 12.4. The lowest BCUT2D eigenvalue weighted by Crippen LogP contribution is -2.51. The van der Waals surface area contributed by atoms with E-state index in [0.29, 0.717) is 12.1 Å². The zero-order valence-electron chi connectivity index (χ0n) is 26.3. The second kappa shape index (κ2) is 15.1. The van der Waals surface area contributed by atoms with E-state index in [0.717, 1.165) is 56.4 Å². The van der Waals surface area contributed by atoms with Crippen LogP contribution in [-0.4, -0.2) is 76.9 Å². The highest BCUT2D eigenvalue weighted by molar-refractivity contribution is 5.94. The minimum atomic E-state index is -0.446. The number of hydrogen-bond donors (Lipinski definition) is 1. The molecule has 9 nitrogen and oxygen atoms in total. The SMILES string of the molecule is C=CCN(C(=O)NCc1ccc([N+](=O)[O-])cc1)C1CCN(C[C@H]2CC(N(C)C(=O)c3ccccc3)C[C@@H]2c2cccc(F)c2)CC1. The zero-order chi connectivity index (χ0) is 32.6. The molecule has 1 N–H and O–H groups in total. The van der Waals surface area contributed by atoms with Gasteiger partial charge in [-0.15, -0.1) is 6.58 Å². The topological polar surface area (TPSA) is 99.0 Å². The van der Waals surface area contributed by atoms with E-state index >= 15 is 0 Å². The molecule has 0 aromatic heterocycles. The smallest absolute Gasteiger partial charge is 0.318 e. The van der Waals surface area contributed by atoms with Crippen LogP contribution in [0.5, 0.6) is 0 Å². The van der Waals surface area contributed by atoms with Gasteiger partial charge in [-0.3, -0.25) is 14.9 Å². The number of hydrogen-bond acceptors (Lipinski definition) is 5. The molecular formula is C36H42FN5O4. The van der Waals surface area contributed by atoms with E-state index in [1.54, 1.807) is 30.3 Å². The Kier molecular flexibility index (Phi) is 10.8. The van der Waals surface area contributed by atoms with Crippen LogP contribution in [0.3, 0.4) is 0 Å². The van der Waals surface area contributed by atoms with Gasteiger partial charge in [0.2, 0.25) is 0 Å². The summed E-state index contributed by atoms with van der Waals surface area (Å²) < 4.78 is 14.3. The van der Waals surface area contributed by atoms with E-state index in [2.05, 4.69) is 16.8 Å². The Morgan fingerprint density at radius 1 is 1.02 bits per heavy atom. The normalized spacial score (nSPS) is 20.2. The van der Waals surface area contributed by atoms with Crippen molar-refractivity contribution in [3.05, 3.63) is 124 Å². The van der Waals surface area contributed by atoms with Crippen molar-refractivity contribution in [2.75, 3.05) is 33.2 Å². The summed E-state index contributed by atoms with van der Waals surface area (Å²) in [5.74, 6) is 0.137. The Bertz CT molecular complexity index is 1510. The van der Waals surface area contributed by atoms with Crippen LogP contribution in [0.1, 0.15) is 53.1 Å². The lowest BCUT2D eigenvalue weighted by Gasteiger charge is -2.39. The van der Waals surface area contributed by atoms with Crippen molar-refractivity contribution < 1.29 is 18.9 Å². The number of halogens is 1. The van der Waals surface area contributed by atoms with Gasteiger partial charge in [0, 0.05) is 69.6 Å². The number of non-ortho nitro benzene ring substituents is 1. The third kappa shape index (κ3) is 7.98. The largest absolute Gasteiger partial charge is 0.339 e. The van der Waals surface area contributed by atoms with E-state index in [1.807, 2.05) is 53.2 Å². The van der Waals surface area contributed by atoms with Gasteiger partial charge >= 0.3 is 6.03 Å². The van der Waals surface area contributed by atoms with Gasteiger partial charge in [0.05, 0.1) is 4.92 Å². The molecule has 1 aliphatic carbocycles. The Hall–Kier alpha value is -4.57. The van der Waals surface area contributed by atoms with Gasteiger partial charge in [0.25, 0.3) is 11.6 Å². The number of benzene rings is 3. The maximum Gasteiger partial charge on any atom is 0.318 e. The minimum Gasteiger partial charge on any atom is -0.339 e. The fourth-order valence-corrected chi connectivity index (χ4v) is 7.01. The highest BCUT2D eigenvalue weighted by Crippen LogP contribution is 2.43. The molecule has 10 heteroatoms. The summed E-state index contributed by atoms with van der Waals surface area (Å²) in [7, 11) is 1.87. The Labute approximate surface area is 269 Å². The molecule has 1 saturated carbocycles.